The number of guanidine groups is 1. The normalized spacial score (nSPS) is 15.5. The summed E-state index contributed by atoms with van der Waals surface area (Å²) in [7, 11) is 1.82. The number of rotatable bonds is 8. The van der Waals surface area contributed by atoms with Crippen LogP contribution < -0.4 is 10.6 Å². The predicted octanol–water partition coefficient (Wildman–Crippen LogP) is 2.27. The van der Waals surface area contributed by atoms with Gasteiger partial charge in [0.05, 0.1) is 24.6 Å². The number of nitrogens with one attached hydrogen (secondary N) is 2. The fourth-order valence-electron chi connectivity index (χ4n) is 3.63. The molecule has 0 bridgehead atoms. The van der Waals surface area contributed by atoms with Crippen LogP contribution in [0.1, 0.15) is 29.8 Å². The van der Waals surface area contributed by atoms with E-state index >= 15 is 0 Å². The van der Waals surface area contributed by atoms with Gasteiger partial charge in [0, 0.05) is 38.9 Å². The first-order valence-corrected chi connectivity index (χ1v) is 10.5. The van der Waals surface area contributed by atoms with Crippen molar-refractivity contribution in [2.24, 2.45) is 4.99 Å². The Morgan fingerprint density at radius 3 is 2.66 bits per heavy atom. The summed E-state index contributed by atoms with van der Waals surface area (Å²) in [6, 6.07) is 10.5. The van der Waals surface area contributed by atoms with Gasteiger partial charge < -0.3 is 15.4 Å². The second-order valence-corrected chi connectivity index (χ2v) is 7.48. The van der Waals surface area contributed by atoms with Crippen molar-refractivity contribution in [3.8, 4) is 5.69 Å². The molecule has 1 fully saturated rings. The highest BCUT2D eigenvalue weighted by atomic mass is 16.5. The number of nitrogens with zero attached hydrogens (tertiary/aromatic N) is 4. The highest BCUT2D eigenvalue weighted by Gasteiger charge is 2.10. The quantitative estimate of drug-likeness (QED) is 0.406. The van der Waals surface area contributed by atoms with E-state index in [0.717, 1.165) is 68.8 Å². The first-order valence-electron chi connectivity index (χ1n) is 10.5. The Labute approximate surface area is 174 Å². The number of aromatic nitrogens is 2. The van der Waals surface area contributed by atoms with Gasteiger partial charge in [0.25, 0.3) is 0 Å². The molecule has 3 rings (SSSR count). The second kappa shape index (κ2) is 11.0. The molecule has 0 aliphatic carbocycles. The number of aliphatic imine (C=N–C) groups is 1. The fourth-order valence-corrected chi connectivity index (χ4v) is 3.63. The van der Waals surface area contributed by atoms with E-state index in [-0.39, 0.29) is 0 Å². The van der Waals surface area contributed by atoms with Gasteiger partial charge in [0.1, 0.15) is 0 Å². The predicted molar refractivity (Wildman–Crippen MR) is 118 cm³/mol. The lowest BCUT2D eigenvalue weighted by Crippen LogP contribution is -2.38. The average molecular weight is 399 g/mol. The highest BCUT2D eigenvalue weighted by molar-refractivity contribution is 5.79. The zero-order valence-electron chi connectivity index (χ0n) is 17.9. The average Bonchev–Trinajstić information content (AvgIpc) is 3.08. The Hall–Kier alpha value is -2.38. The summed E-state index contributed by atoms with van der Waals surface area (Å²) in [6.07, 6.45) is 2.31. The molecule has 0 saturated carbocycles. The number of ether oxygens (including phenoxy) is 1. The van der Waals surface area contributed by atoms with Crippen LogP contribution >= 0.6 is 0 Å². The number of hydrogen-bond acceptors (Lipinski definition) is 4. The Balaban J connectivity index is 1.45. The molecule has 0 radical (unpaired) electrons. The van der Waals surface area contributed by atoms with Crippen LogP contribution in [0.3, 0.4) is 0 Å². The van der Waals surface area contributed by atoms with Crippen LogP contribution in [-0.2, 0) is 11.3 Å². The first kappa shape index (κ1) is 21.3. The zero-order valence-corrected chi connectivity index (χ0v) is 17.9. The molecule has 158 valence electrons. The number of aryl methyl sites for hydroxylation is 2. The molecule has 0 amide bonds. The van der Waals surface area contributed by atoms with Crippen LogP contribution in [0.5, 0.6) is 0 Å². The SMILES string of the molecule is CN=C(NCCCCN1CCOCC1)NCc1ccccc1-n1nc(C)cc1C. The van der Waals surface area contributed by atoms with Crippen LogP contribution in [0.4, 0.5) is 0 Å². The molecule has 1 aromatic carbocycles. The van der Waals surface area contributed by atoms with Crippen LogP contribution in [0.15, 0.2) is 35.3 Å². The van der Waals surface area contributed by atoms with Crippen molar-refractivity contribution in [3.05, 3.63) is 47.3 Å². The summed E-state index contributed by atoms with van der Waals surface area (Å²) in [5, 5.41) is 11.5. The third-order valence-corrected chi connectivity index (χ3v) is 5.20. The first-order chi connectivity index (χ1) is 14.2. The zero-order chi connectivity index (χ0) is 20.5. The Morgan fingerprint density at radius 1 is 1.14 bits per heavy atom. The molecule has 7 heteroatoms. The Morgan fingerprint density at radius 2 is 1.93 bits per heavy atom. The minimum absolute atomic E-state index is 0.696. The van der Waals surface area contributed by atoms with Crippen molar-refractivity contribution in [2.45, 2.75) is 33.2 Å². The second-order valence-electron chi connectivity index (χ2n) is 7.48. The van der Waals surface area contributed by atoms with Crippen molar-refractivity contribution < 1.29 is 4.74 Å². The maximum absolute atomic E-state index is 5.40. The van der Waals surface area contributed by atoms with E-state index in [4.69, 9.17) is 4.74 Å². The number of para-hydroxylation sites is 1. The monoisotopic (exact) mass is 398 g/mol. The van der Waals surface area contributed by atoms with Gasteiger partial charge in [-0.1, -0.05) is 18.2 Å². The molecule has 1 aliphatic rings. The number of unbranched alkanes of at least 4 members (excludes halogenated alkanes) is 1. The van der Waals surface area contributed by atoms with Gasteiger partial charge in [-0.2, -0.15) is 5.10 Å². The van der Waals surface area contributed by atoms with Crippen LogP contribution in [0.25, 0.3) is 5.69 Å². The number of morpholine rings is 1. The van der Waals surface area contributed by atoms with Crippen LogP contribution in [0.2, 0.25) is 0 Å². The molecule has 2 heterocycles. The highest BCUT2D eigenvalue weighted by Crippen LogP contribution is 2.16. The number of hydrogen-bond donors (Lipinski definition) is 2. The largest absolute Gasteiger partial charge is 0.379 e. The topological polar surface area (TPSA) is 66.7 Å². The summed E-state index contributed by atoms with van der Waals surface area (Å²) in [6.45, 7) is 10.7. The summed E-state index contributed by atoms with van der Waals surface area (Å²) in [4.78, 5) is 6.84. The molecule has 1 saturated heterocycles. The maximum atomic E-state index is 5.40. The minimum Gasteiger partial charge on any atom is -0.379 e. The molecule has 0 spiro atoms. The van der Waals surface area contributed by atoms with Gasteiger partial charge in [-0.3, -0.25) is 9.89 Å². The molecule has 0 unspecified atom stereocenters. The van der Waals surface area contributed by atoms with Crippen molar-refractivity contribution >= 4 is 5.96 Å². The molecule has 1 aliphatic heterocycles. The Bertz CT molecular complexity index is 794. The van der Waals surface area contributed by atoms with E-state index in [2.05, 4.69) is 62.9 Å². The standard InChI is InChI=1S/C22H34N6O/c1-18-16-19(2)28(26-18)21-9-5-4-8-20(21)17-25-22(23-3)24-10-6-7-11-27-12-14-29-15-13-27/h4-5,8-9,16H,6-7,10-15,17H2,1-3H3,(H2,23,24,25). The molecule has 1 aromatic heterocycles. The third kappa shape index (κ3) is 6.30. The maximum Gasteiger partial charge on any atom is 0.191 e. The van der Waals surface area contributed by atoms with Gasteiger partial charge in [-0.05, 0) is 50.9 Å². The van der Waals surface area contributed by atoms with Crippen molar-refractivity contribution in [3.63, 3.8) is 0 Å². The summed E-state index contributed by atoms with van der Waals surface area (Å²) >= 11 is 0. The third-order valence-electron chi connectivity index (χ3n) is 5.20. The van der Waals surface area contributed by atoms with Crippen LogP contribution in [-0.4, -0.2) is 67.1 Å². The summed E-state index contributed by atoms with van der Waals surface area (Å²) < 4.78 is 7.41. The molecule has 2 N–H and O–H groups in total. The van der Waals surface area contributed by atoms with Gasteiger partial charge in [0.15, 0.2) is 5.96 Å². The lowest BCUT2D eigenvalue weighted by atomic mass is 10.1. The fraction of sp³-hybridized carbons (Fsp3) is 0.545. The van der Waals surface area contributed by atoms with Crippen molar-refractivity contribution in [1.29, 1.82) is 0 Å². The summed E-state index contributed by atoms with van der Waals surface area (Å²) in [5.41, 5.74) is 4.46. The molecule has 2 aromatic rings. The minimum atomic E-state index is 0.696. The van der Waals surface area contributed by atoms with Gasteiger partial charge in [0.2, 0.25) is 0 Å². The van der Waals surface area contributed by atoms with E-state index < -0.39 is 0 Å². The van der Waals surface area contributed by atoms with Crippen LogP contribution in [0, 0.1) is 13.8 Å². The van der Waals surface area contributed by atoms with E-state index in [1.807, 2.05) is 18.7 Å². The summed E-state index contributed by atoms with van der Waals surface area (Å²) in [5.74, 6) is 0.833. The molecular formula is C22H34N6O. The number of benzene rings is 1. The van der Waals surface area contributed by atoms with Gasteiger partial charge >= 0.3 is 0 Å². The van der Waals surface area contributed by atoms with E-state index in [0.29, 0.717) is 6.54 Å². The van der Waals surface area contributed by atoms with E-state index in [9.17, 15) is 0 Å². The van der Waals surface area contributed by atoms with Gasteiger partial charge in [-0.15, -0.1) is 0 Å². The lowest BCUT2D eigenvalue weighted by Gasteiger charge is -2.26. The molecule has 7 nitrogen and oxygen atoms in total. The molecule has 29 heavy (non-hydrogen) atoms. The van der Waals surface area contributed by atoms with Crippen molar-refractivity contribution in [1.82, 2.24) is 25.3 Å². The van der Waals surface area contributed by atoms with Gasteiger partial charge in [-0.25, -0.2) is 4.68 Å². The van der Waals surface area contributed by atoms with Crippen molar-refractivity contribution in [2.75, 3.05) is 46.4 Å². The van der Waals surface area contributed by atoms with E-state index in [1.54, 1.807) is 0 Å². The van der Waals surface area contributed by atoms with E-state index in [1.165, 1.54) is 12.0 Å². The molecule has 0 atom stereocenters. The lowest BCUT2D eigenvalue weighted by molar-refractivity contribution is 0.0372. The molecular weight excluding hydrogens is 364 g/mol. The smallest absolute Gasteiger partial charge is 0.191 e. The Kier molecular flexibility index (Phi) is 8.07.